The third-order valence-corrected chi connectivity index (χ3v) is 3.61. The summed E-state index contributed by atoms with van der Waals surface area (Å²) in [6.07, 6.45) is 1.98. The average molecular weight is 343 g/mol. The Morgan fingerprint density at radius 3 is 2.53 bits per heavy atom. The molecular formula is C15H17BrClNO. The van der Waals surface area contributed by atoms with E-state index in [-0.39, 0.29) is 6.04 Å². The molecule has 0 spiro atoms. The molecular weight excluding hydrogens is 326 g/mol. The minimum atomic E-state index is 0.187. The zero-order chi connectivity index (χ0) is 13.7. The molecule has 2 aromatic rings. The molecule has 0 aliphatic heterocycles. The van der Waals surface area contributed by atoms with E-state index in [0.717, 1.165) is 34.8 Å². The standard InChI is InChI=1S/C15H17BrClNO/c1-2-9-18-13(14-7-8-15(16)19-14)10-11-3-5-12(17)6-4-11/h3-8,13,18H,2,9-10H2,1H3. The lowest BCUT2D eigenvalue weighted by atomic mass is 10.0. The van der Waals surface area contributed by atoms with E-state index >= 15 is 0 Å². The summed E-state index contributed by atoms with van der Waals surface area (Å²) in [7, 11) is 0. The fraction of sp³-hybridized carbons (Fsp3) is 0.333. The highest BCUT2D eigenvalue weighted by atomic mass is 79.9. The van der Waals surface area contributed by atoms with Crippen molar-refractivity contribution in [3.63, 3.8) is 0 Å². The second-order valence-corrected chi connectivity index (χ2v) is 5.70. The van der Waals surface area contributed by atoms with Gasteiger partial charge in [-0.25, -0.2) is 0 Å². The van der Waals surface area contributed by atoms with Crippen LogP contribution in [0.2, 0.25) is 5.02 Å². The Labute approximate surface area is 127 Å². The van der Waals surface area contributed by atoms with Crippen molar-refractivity contribution < 1.29 is 4.42 Å². The highest BCUT2D eigenvalue weighted by molar-refractivity contribution is 9.10. The Morgan fingerprint density at radius 1 is 1.21 bits per heavy atom. The molecule has 1 N–H and O–H groups in total. The summed E-state index contributed by atoms with van der Waals surface area (Å²) in [5.74, 6) is 0.954. The van der Waals surface area contributed by atoms with Gasteiger partial charge in [0.05, 0.1) is 6.04 Å². The maximum absolute atomic E-state index is 5.91. The van der Waals surface area contributed by atoms with Crippen LogP contribution in [0.15, 0.2) is 45.5 Å². The fourth-order valence-electron chi connectivity index (χ4n) is 1.96. The monoisotopic (exact) mass is 341 g/mol. The first kappa shape index (κ1) is 14.6. The highest BCUT2D eigenvalue weighted by Gasteiger charge is 2.15. The van der Waals surface area contributed by atoms with Gasteiger partial charge >= 0.3 is 0 Å². The van der Waals surface area contributed by atoms with Crippen LogP contribution >= 0.6 is 27.5 Å². The molecule has 1 aromatic carbocycles. The fourth-order valence-corrected chi connectivity index (χ4v) is 2.41. The van der Waals surface area contributed by atoms with Crippen LogP contribution in [0.4, 0.5) is 0 Å². The van der Waals surface area contributed by atoms with Crippen LogP contribution < -0.4 is 5.32 Å². The van der Waals surface area contributed by atoms with Crippen LogP contribution in [-0.4, -0.2) is 6.54 Å². The van der Waals surface area contributed by atoms with E-state index in [1.54, 1.807) is 0 Å². The van der Waals surface area contributed by atoms with E-state index in [1.807, 2.05) is 24.3 Å². The van der Waals surface area contributed by atoms with Crippen molar-refractivity contribution in [1.29, 1.82) is 0 Å². The van der Waals surface area contributed by atoms with E-state index in [9.17, 15) is 0 Å². The quantitative estimate of drug-likeness (QED) is 0.801. The van der Waals surface area contributed by atoms with E-state index in [4.69, 9.17) is 16.0 Å². The summed E-state index contributed by atoms with van der Waals surface area (Å²) in [6.45, 7) is 3.13. The van der Waals surface area contributed by atoms with Crippen molar-refractivity contribution in [2.75, 3.05) is 6.54 Å². The SMILES string of the molecule is CCCNC(Cc1ccc(Cl)cc1)c1ccc(Br)o1. The molecule has 1 heterocycles. The lowest BCUT2D eigenvalue weighted by Crippen LogP contribution is -2.23. The van der Waals surface area contributed by atoms with E-state index in [2.05, 4.69) is 40.3 Å². The number of nitrogens with one attached hydrogen (secondary N) is 1. The molecule has 0 amide bonds. The van der Waals surface area contributed by atoms with Crippen LogP contribution in [0.3, 0.4) is 0 Å². The first-order valence-electron chi connectivity index (χ1n) is 6.42. The zero-order valence-corrected chi connectivity index (χ0v) is 13.2. The minimum Gasteiger partial charge on any atom is -0.453 e. The third kappa shape index (κ3) is 4.37. The van der Waals surface area contributed by atoms with Crippen molar-refractivity contribution >= 4 is 27.5 Å². The van der Waals surface area contributed by atoms with Gasteiger partial charge in [-0.3, -0.25) is 0 Å². The molecule has 0 radical (unpaired) electrons. The van der Waals surface area contributed by atoms with Gasteiger partial charge in [0.15, 0.2) is 4.67 Å². The predicted octanol–water partition coefficient (Wildman–Crippen LogP) is 4.98. The molecule has 4 heteroatoms. The van der Waals surface area contributed by atoms with Crippen molar-refractivity contribution in [2.45, 2.75) is 25.8 Å². The Hall–Kier alpha value is -0.770. The molecule has 19 heavy (non-hydrogen) atoms. The number of furan rings is 1. The summed E-state index contributed by atoms with van der Waals surface area (Å²) >= 11 is 9.26. The number of benzene rings is 1. The van der Waals surface area contributed by atoms with Gasteiger partial charge in [0.25, 0.3) is 0 Å². The maximum atomic E-state index is 5.91. The number of rotatable bonds is 6. The maximum Gasteiger partial charge on any atom is 0.169 e. The Kier molecular flexibility index (Phi) is 5.49. The van der Waals surface area contributed by atoms with Gasteiger partial charge in [-0.2, -0.15) is 0 Å². The second kappa shape index (κ2) is 7.13. The predicted molar refractivity (Wildman–Crippen MR) is 82.6 cm³/mol. The van der Waals surface area contributed by atoms with Crippen molar-refractivity contribution in [2.24, 2.45) is 0 Å². The van der Waals surface area contributed by atoms with Crippen LogP contribution in [-0.2, 0) is 6.42 Å². The van der Waals surface area contributed by atoms with Gasteiger partial charge in [-0.05, 0) is 65.1 Å². The molecule has 1 aromatic heterocycles. The second-order valence-electron chi connectivity index (χ2n) is 4.48. The summed E-state index contributed by atoms with van der Waals surface area (Å²) in [5, 5.41) is 4.28. The van der Waals surface area contributed by atoms with Gasteiger partial charge in [-0.1, -0.05) is 30.7 Å². The first-order valence-corrected chi connectivity index (χ1v) is 7.59. The molecule has 0 saturated heterocycles. The van der Waals surface area contributed by atoms with Gasteiger partial charge in [0, 0.05) is 5.02 Å². The molecule has 0 aliphatic rings. The van der Waals surface area contributed by atoms with E-state index < -0.39 is 0 Å². The molecule has 1 atom stereocenters. The van der Waals surface area contributed by atoms with Crippen molar-refractivity contribution in [3.05, 3.63) is 57.4 Å². The summed E-state index contributed by atoms with van der Waals surface area (Å²) in [5.41, 5.74) is 1.24. The van der Waals surface area contributed by atoms with E-state index in [0.29, 0.717) is 0 Å². The minimum absolute atomic E-state index is 0.187. The summed E-state index contributed by atoms with van der Waals surface area (Å²) in [4.78, 5) is 0. The largest absolute Gasteiger partial charge is 0.453 e. The number of halogens is 2. The molecule has 0 aliphatic carbocycles. The average Bonchev–Trinajstić information content (AvgIpc) is 2.83. The number of hydrogen-bond donors (Lipinski definition) is 1. The smallest absolute Gasteiger partial charge is 0.169 e. The van der Waals surface area contributed by atoms with Gasteiger partial charge < -0.3 is 9.73 Å². The van der Waals surface area contributed by atoms with Gasteiger partial charge in [0.2, 0.25) is 0 Å². The molecule has 0 bridgehead atoms. The highest BCUT2D eigenvalue weighted by Crippen LogP contribution is 2.24. The first-order chi connectivity index (χ1) is 9.19. The Bertz CT molecular complexity index is 509. The molecule has 1 unspecified atom stereocenters. The molecule has 2 nitrogen and oxygen atoms in total. The lowest BCUT2D eigenvalue weighted by Gasteiger charge is -2.16. The zero-order valence-electron chi connectivity index (χ0n) is 10.8. The van der Waals surface area contributed by atoms with Crippen LogP contribution in [0, 0.1) is 0 Å². The Balaban J connectivity index is 2.11. The lowest BCUT2D eigenvalue weighted by molar-refractivity contribution is 0.400. The van der Waals surface area contributed by atoms with Gasteiger partial charge in [-0.15, -0.1) is 0 Å². The third-order valence-electron chi connectivity index (χ3n) is 2.93. The van der Waals surface area contributed by atoms with Crippen LogP contribution in [0.1, 0.15) is 30.7 Å². The molecule has 2 rings (SSSR count). The number of hydrogen-bond acceptors (Lipinski definition) is 2. The molecule has 102 valence electrons. The van der Waals surface area contributed by atoms with Crippen molar-refractivity contribution in [1.82, 2.24) is 5.32 Å². The topological polar surface area (TPSA) is 25.2 Å². The van der Waals surface area contributed by atoms with Crippen molar-refractivity contribution in [3.8, 4) is 0 Å². The Morgan fingerprint density at radius 2 is 1.95 bits per heavy atom. The van der Waals surface area contributed by atoms with Crippen LogP contribution in [0.25, 0.3) is 0 Å². The summed E-state index contributed by atoms with van der Waals surface area (Å²) in [6, 6.07) is 12.1. The van der Waals surface area contributed by atoms with Crippen LogP contribution in [0.5, 0.6) is 0 Å². The van der Waals surface area contributed by atoms with Gasteiger partial charge in [0.1, 0.15) is 5.76 Å². The van der Waals surface area contributed by atoms with E-state index in [1.165, 1.54) is 5.56 Å². The summed E-state index contributed by atoms with van der Waals surface area (Å²) < 4.78 is 6.43. The normalized spacial score (nSPS) is 12.6. The molecule has 0 fully saturated rings. The molecule has 0 saturated carbocycles.